The maximum absolute atomic E-state index is 12.2. The normalized spacial score (nSPS) is 10.4. The van der Waals surface area contributed by atoms with Crippen molar-refractivity contribution in [2.75, 3.05) is 13.1 Å². The molecule has 14 nitrogen and oxygen atoms in total. The highest BCUT2D eigenvalue weighted by Crippen LogP contribution is 2.23. The van der Waals surface area contributed by atoms with Crippen molar-refractivity contribution in [3.05, 3.63) is 78.9 Å². The van der Waals surface area contributed by atoms with Gasteiger partial charge in [0.05, 0.1) is 22.0 Å². The fourth-order valence-electron chi connectivity index (χ4n) is 2.87. The van der Waals surface area contributed by atoms with Gasteiger partial charge < -0.3 is 15.5 Å². The molecule has 4 N–H and O–H groups in total. The average molecular weight is 462 g/mol. The van der Waals surface area contributed by atoms with Gasteiger partial charge in [0, 0.05) is 30.8 Å². The topological polar surface area (TPSA) is 211 Å². The van der Waals surface area contributed by atoms with Gasteiger partial charge in [-0.25, -0.2) is 15.1 Å². The van der Waals surface area contributed by atoms with Gasteiger partial charge >= 0.3 is 11.9 Å². The number of nitrogens with one attached hydrogen (secondary N) is 2. The van der Waals surface area contributed by atoms with Crippen LogP contribution in [0.15, 0.2) is 36.4 Å². The molecule has 0 aromatic heterocycles. The highest BCUT2D eigenvalue weighted by atomic mass is 16.6. The third-order valence-corrected chi connectivity index (χ3v) is 4.31. The molecular weight excluding hydrogens is 444 g/mol. The SMILES string of the molecule is O=C(NCCCNOCc1cccc([N+](=O)[O-])c1C(=O)O)c1cccc([N+](=O)[O-])c1C(=O)O. The van der Waals surface area contributed by atoms with E-state index in [9.17, 15) is 44.8 Å². The molecule has 2 rings (SSSR count). The Labute approximate surface area is 185 Å². The smallest absolute Gasteiger partial charge is 0.343 e. The molecule has 0 spiro atoms. The number of carbonyl (C=O) groups is 3. The monoisotopic (exact) mass is 462 g/mol. The van der Waals surface area contributed by atoms with Gasteiger partial charge in [-0.1, -0.05) is 18.2 Å². The lowest BCUT2D eigenvalue weighted by atomic mass is 10.0. The summed E-state index contributed by atoms with van der Waals surface area (Å²) in [6.45, 7) is -0.0300. The van der Waals surface area contributed by atoms with Crippen molar-refractivity contribution < 1.29 is 39.3 Å². The Bertz CT molecular complexity index is 1100. The minimum atomic E-state index is -1.61. The van der Waals surface area contributed by atoms with E-state index in [1.54, 1.807) is 0 Å². The quantitative estimate of drug-likeness (QED) is 0.202. The zero-order valence-corrected chi connectivity index (χ0v) is 16.8. The molecular formula is C19H18N4O10. The number of hydrogen-bond acceptors (Lipinski definition) is 9. The average Bonchev–Trinajstić information content (AvgIpc) is 2.77. The third-order valence-electron chi connectivity index (χ3n) is 4.31. The van der Waals surface area contributed by atoms with Crippen LogP contribution in [0.2, 0.25) is 0 Å². The van der Waals surface area contributed by atoms with Crippen molar-refractivity contribution in [1.82, 2.24) is 10.8 Å². The Morgan fingerprint density at radius 2 is 1.45 bits per heavy atom. The second-order valence-corrected chi connectivity index (χ2v) is 6.43. The first-order chi connectivity index (χ1) is 15.6. The lowest BCUT2D eigenvalue weighted by molar-refractivity contribution is -0.385. The number of carboxylic acids is 2. The van der Waals surface area contributed by atoms with Crippen LogP contribution in [0.1, 0.15) is 43.1 Å². The van der Waals surface area contributed by atoms with Crippen LogP contribution in [0.4, 0.5) is 11.4 Å². The molecule has 0 saturated heterocycles. The maximum Gasteiger partial charge on any atom is 0.343 e. The summed E-state index contributed by atoms with van der Waals surface area (Å²) in [5, 5.41) is 42.9. The molecule has 0 radical (unpaired) electrons. The summed E-state index contributed by atoms with van der Waals surface area (Å²) in [4.78, 5) is 60.3. The van der Waals surface area contributed by atoms with Crippen LogP contribution in [0.5, 0.6) is 0 Å². The van der Waals surface area contributed by atoms with Gasteiger partial charge in [0.15, 0.2) is 0 Å². The summed E-state index contributed by atoms with van der Waals surface area (Å²) in [7, 11) is 0. The number of carbonyl (C=O) groups excluding carboxylic acids is 1. The van der Waals surface area contributed by atoms with Crippen LogP contribution in [-0.2, 0) is 11.4 Å². The molecule has 0 fully saturated rings. The standard InChI is InChI=1S/C19H18N4O10/c24-17(12-5-2-7-14(23(31)32)16(12)19(27)28)20-8-3-9-21-33-10-11-4-1-6-13(22(29)30)15(11)18(25)26/h1-2,4-7,21H,3,8-10H2,(H,20,24)(H,25,26)(H,27,28). The lowest BCUT2D eigenvalue weighted by Gasteiger charge is -2.10. The van der Waals surface area contributed by atoms with E-state index in [-0.39, 0.29) is 30.8 Å². The van der Waals surface area contributed by atoms with Gasteiger partial charge in [0.1, 0.15) is 11.1 Å². The second-order valence-electron chi connectivity index (χ2n) is 6.43. The van der Waals surface area contributed by atoms with Crippen molar-refractivity contribution in [2.45, 2.75) is 13.0 Å². The van der Waals surface area contributed by atoms with E-state index >= 15 is 0 Å². The Kier molecular flexibility index (Phi) is 8.48. The van der Waals surface area contributed by atoms with E-state index in [1.165, 1.54) is 18.2 Å². The molecule has 0 saturated carbocycles. The number of aromatic carboxylic acids is 2. The number of hydroxylamine groups is 1. The van der Waals surface area contributed by atoms with Gasteiger partial charge in [-0.05, 0) is 12.5 Å². The molecule has 0 aliphatic rings. The summed E-state index contributed by atoms with van der Waals surface area (Å²) >= 11 is 0. The van der Waals surface area contributed by atoms with Crippen molar-refractivity contribution >= 4 is 29.2 Å². The molecule has 0 bridgehead atoms. The van der Waals surface area contributed by atoms with E-state index in [0.717, 1.165) is 18.2 Å². The molecule has 0 heterocycles. The number of nitro groups is 2. The van der Waals surface area contributed by atoms with Crippen LogP contribution >= 0.6 is 0 Å². The molecule has 1 amide bonds. The molecule has 2 aromatic rings. The van der Waals surface area contributed by atoms with Gasteiger partial charge in [0.2, 0.25) is 0 Å². The van der Waals surface area contributed by atoms with Gasteiger partial charge in [-0.2, -0.15) is 0 Å². The van der Waals surface area contributed by atoms with E-state index in [4.69, 9.17) is 4.84 Å². The van der Waals surface area contributed by atoms with Gasteiger partial charge in [-0.3, -0.25) is 29.9 Å². The van der Waals surface area contributed by atoms with Crippen molar-refractivity contribution in [3.8, 4) is 0 Å². The highest BCUT2D eigenvalue weighted by molar-refractivity contribution is 6.07. The van der Waals surface area contributed by atoms with Crippen molar-refractivity contribution in [3.63, 3.8) is 0 Å². The van der Waals surface area contributed by atoms with Crippen LogP contribution in [0.25, 0.3) is 0 Å². The highest BCUT2D eigenvalue weighted by Gasteiger charge is 2.27. The fourth-order valence-corrected chi connectivity index (χ4v) is 2.87. The number of nitrogens with zero attached hydrogens (tertiary/aromatic N) is 2. The zero-order valence-electron chi connectivity index (χ0n) is 16.8. The Morgan fingerprint density at radius 3 is 2.03 bits per heavy atom. The summed E-state index contributed by atoms with van der Waals surface area (Å²) < 4.78 is 0. The molecule has 33 heavy (non-hydrogen) atoms. The maximum atomic E-state index is 12.2. The van der Waals surface area contributed by atoms with Gasteiger partial charge in [-0.15, -0.1) is 0 Å². The minimum Gasteiger partial charge on any atom is -0.477 e. The molecule has 0 atom stereocenters. The summed E-state index contributed by atoms with van der Waals surface area (Å²) in [5.74, 6) is -3.88. The van der Waals surface area contributed by atoms with Gasteiger partial charge in [0.25, 0.3) is 17.3 Å². The Morgan fingerprint density at radius 1 is 0.879 bits per heavy atom. The zero-order chi connectivity index (χ0) is 24.5. The van der Waals surface area contributed by atoms with E-state index in [2.05, 4.69) is 10.8 Å². The lowest BCUT2D eigenvalue weighted by Crippen LogP contribution is -2.29. The third kappa shape index (κ3) is 6.28. The first-order valence-electron chi connectivity index (χ1n) is 9.28. The van der Waals surface area contributed by atoms with E-state index in [0.29, 0.717) is 6.42 Å². The number of rotatable bonds is 12. The predicted molar refractivity (Wildman–Crippen MR) is 110 cm³/mol. The number of benzene rings is 2. The predicted octanol–water partition coefficient (Wildman–Crippen LogP) is 1.74. The minimum absolute atomic E-state index is 0.0636. The van der Waals surface area contributed by atoms with Crippen molar-refractivity contribution in [1.29, 1.82) is 0 Å². The Balaban J connectivity index is 1.86. The molecule has 174 valence electrons. The largest absolute Gasteiger partial charge is 0.477 e. The van der Waals surface area contributed by atoms with Crippen LogP contribution in [0.3, 0.4) is 0 Å². The fraction of sp³-hybridized carbons (Fsp3) is 0.211. The summed E-state index contributed by atoms with van der Waals surface area (Å²) in [5.41, 5.74) is -0.210. The first kappa shape index (κ1) is 24.8. The Hall–Kier alpha value is -4.43. The molecule has 14 heteroatoms. The number of amides is 1. The van der Waals surface area contributed by atoms with Crippen molar-refractivity contribution in [2.24, 2.45) is 0 Å². The van der Waals surface area contributed by atoms with Crippen LogP contribution < -0.4 is 10.8 Å². The van der Waals surface area contributed by atoms with Crippen LogP contribution in [0, 0.1) is 20.2 Å². The van der Waals surface area contributed by atoms with E-state index in [1.807, 2.05) is 0 Å². The number of hydrogen-bond donors (Lipinski definition) is 4. The molecule has 0 aliphatic carbocycles. The van der Waals surface area contributed by atoms with Crippen LogP contribution in [-0.4, -0.2) is 51.0 Å². The number of nitro benzene ring substituents is 2. The number of carboxylic acid groups (broad SMARTS) is 2. The first-order valence-corrected chi connectivity index (χ1v) is 9.28. The molecule has 2 aromatic carbocycles. The summed E-state index contributed by atoms with van der Waals surface area (Å²) in [6, 6.07) is 7.12. The molecule has 0 aliphatic heterocycles. The van der Waals surface area contributed by atoms with E-state index < -0.39 is 50.2 Å². The second kappa shape index (κ2) is 11.3. The molecule has 0 unspecified atom stereocenters. The summed E-state index contributed by atoms with van der Waals surface area (Å²) in [6.07, 6.45) is 0.295.